The van der Waals surface area contributed by atoms with Gasteiger partial charge in [0.15, 0.2) is 8.32 Å². The fourth-order valence-electron chi connectivity index (χ4n) is 1.46. The molecule has 1 aromatic carbocycles. The Balaban J connectivity index is 3.02. The molecule has 0 heterocycles. The van der Waals surface area contributed by atoms with Crippen molar-refractivity contribution in [2.75, 3.05) is 7.11 Å². The van der Waals surface area contributed by atoms with E-state index in [9.17, 15) is 0 Å². The van der Waals surface area contributed by atoms with Crippen LogP contribution in [0.3, 0.4) is 0 Å². The third-order valence-electron chi connectivity index (χ3n) is 2.19. The zero-order valence-corrected chi connectivity index (χ0v) is 14.1. The molecule has 0 radical (unpaired) electrons. The fourth-order valence-corrected chi connectivity index (χ4v) is 3.21. The number of alkyl halides is 3. The summed E-state index contributed by atoms with van der Waals surface area (Å²) in [5.41, 5.74) is 0.832. The lowest BCUT2D eigenvalue weighted by Gasteiger charge is -2.31. The summed E-state index contributed by atoms with van der Waals surface area (Å²) in [6.45, 7) is 6.17. The SMILES string of the molecule is COc1ccc(C(O[Si](C)(C)C)C(Cl)(Cl)Cl)cc1. The third kappa shape index (κ3) is 4.98. The third-order valence-corrected chi connectivity index (χ3v) is 3.72. The van der Waals surface area contributed by atoms with Crippen LogP contribution in [0.5, 0.6) is 5.75 Å². The largest absolute Gasteiger partial charge is 0.497 e. The van der Waals surface area contributed by atoms with Crippen LogP contribution in [0.1, 0.15) is 11.7 Å². The summed E-state index contributed by atoms with van der Waals surface area (Å²) in [6.07, 6.45) is -0.569. The molecule has 102 valence electrons. The molecule has 0 fully saturated rings. The average Bonchev–Trinajstić information content (AvgIpc) is 2.24. The summed E-state index contributed by atoms with van der Waals surface area (Å²) in [6, 6.07) is 7.36. The monoisotopic (exact) mass is 326 g/mol. The highest BCUT2D eigenvalue weighted by molar-refractivity contribution is 6.71. The van der Waals surface area contributed by atoms with E-state index in [1.165, 1.54) is 0 Å². The van der Waals surface area contributed by atoms with Crippen molar-refractivity contribution < 1.29 is 9.16 Å². The standard InChI is InChI=1S/C12H17Cl3O2Si/c1-16-10-7-5-9(6-8-10)11(12(13,14)15)17-18(2,3)4/h5-8,11H,1-4H3. The van der Waals surface area contributed by atoms with Crippen molar-refractivity contribution in [3.8, 4) is 5.75 Å². The summed E-state index contributed by atoms with van der Waals surface area (Å²) in [7, 11) is -0.208. The fraction of sp³-hybridized carbons (Fsp3) is 0.500. The van der Waals surface area contributed by atoms with Crippen LogP contribution in [0.4, 0.5) is 0 Å². The first-order chi connectivity index (χ1) is 8.13. The molecule has 0 spiro atoms. The quantitative estimate of drug-likeness (QED) is 0.575. The molecule has 0 saturated heterocycles. The van der Waals surface area contributed by atoms with E-state index in [1.54, 1.807) is 7.11 Å². The molecule has 0 amide bonds. The number of ether oxygens (including phenoxy) is 1. The molecule has 0 bridgehead atoms. The highest BCUT2D eigenvalue weighted by Gasteiger charge is 2.38. The molecule has 0 aliphatic carbocycles. The maximum absolute atomic E-state index is 6.01. The highest BCUT2D eigenvalue weighted by atomic mass is 35.6. The Morgan fingerprint density at radius 1 is 1.06 bits per heavy atom. The van der Waals surface area contributed by atoms with E-state index in [4.69, 9.17) is 44.0 Å². The second-order valence-corrected chi connectivity index (χ2v) is 11.8. The summed E-state index contributed by atoms with van der Waals surface area (Å²) in [5, 5.41) is 0. The van der Waals surface area contributed by atoms with Crippen molar-refractivity contribution in [1.82, 2.24) is 0 Å². The Kier molecular flexibility index (Phi) is 5.39. The molecule has 18 heavy (non-hydrogen) atoms. The van der Waals surface area contributed by atoms with Crippen LogP contribution in [0.25, 0.3) is 0 Å². The van der Waals surface area contributed by atoms with Gasteiger partial charge in [0.1, 0.15) is 11.9 Å². The maximum atomic E-state index is 6.01. The highest BCUT2D eigenvalue weighted by Crippen LogP contribution is 2.44. The van der Waals surface area contributed by atoms with E-state index < -0.39 is 18.2 Å². The molecular weight excluding hydrogens is 311 g/mol. The summed E-state index contributed by atoms with van der Waals surface area (Å²) in [5.74, 6) is 0.759. The van der Waals surface area contributed by atoms with Crippen molar-refractivity contribution in [1.29, 1.82) is 0 Å². The molecule has 0 N–H and O–H groups in total. The van der Waals surface area contributed by atoms with Crippen molar-refractivity contribution in [2.45, 2.75) is 29.5 Å². The molecule has 0 aromatic heterocycles. The average molecular weight is 328 g/mol. The van der Waals surface area contributed by atoms with Gasteiger partial charge in [0, 0.05) is 0 Å². The van der Waals surface area contributed by atoms with Crippen LogP contribution in [0, 0.1) is 0 Å². The topological polar surface area (TPSA) is 18.5 Å². The lowest BCUT2D eigenvalue weighted by molar-refractivity contribution is 0.202. The number of rotatable bonds is 4. The second-order valence-electron chi connectivity index (χ2n) is 4.93. The van der Waals surface area contributed by atoms with Gasteiger partial charge in [-0.1, -0.05) is 46.9 Å². The predicted molar refractivity (Wildman–Crippen MR) is 80.5 cm³/mol. The van der Waals surface area contributed by atoms with Crippen LogP contribution in [0.15, 0.2) is 24.3 Å². The molecule has 2 nitrogen and oxygen atoms in total. The summed E-state index contributed by atoms with van der Waals surface area (Å²) in [4.78, 5) is 0. The number of methoxy groups -OCH3 is 1. The zero-order chi connectivity index (χ0) is 14.0. The van der Waals surface area contributed by atoms with Gasteiger partial charge in [-0.3, -0.25) is 0 Å². The van der Waals surface area contributed by atoms with E-state index in [0.29, 0.717) is 0 Å². The van der Waals surface area contributed by atoms with E-state index in [1.807, 2.05) is 24.3 Å². The smallest absolute Gasteiger partial charge is 0.219 e. The van der Waals surface area contributed by atoms with Crippen molar-refractivity contribution in [2.24, 2.45) is 0 Å². The van der Waals surface area contributed by atoms with Crippen LogP contribution in [-0.2, 0) is 4.43 Å². The minimum Gasteiger partial charge on any atom is -0.497 e. The number of hydrogen-bond acceptors (Lipinski definition) is 2. The van der Waals surface area contributed by atoms with Gasteiger partial charge in [0.25, 0.3) is 0 Å². The molecule has 0 saturated carbocycles. The molecule has 1 unspecified atom stereocenters. The van der Waals surface area contributed by atoms with Gasteiger partial charge in [0.2, 0.25) is 3.79 Å². The van der Waals surface area contributed by atoms with Gasteiger partial charge < -0.3 is 9.16 Å². The van der Waals surface area contributed by atoms with Crippen LogP contribution < -0.4 is 4.74 Å². The first-order valence-electron chi connectivity index (χ1n) is 5.52. The predicted octanol–water partition coefficient (Wildman–Crippen LogP) is 4.96. The lowest BCUT2D eigenvalue weighted by Crippen LogP contribution is -2.33. The molecule has 1 atom stereocenters. The molecule has 0 aliphatic rings. The van der Waals surface area contributed by atoms with Gasteiger partial charge in [0.05, 0.1) is 7.11 Å². The first kappa shape index (κ1) is 16.1. The Hall–Kier alpha value is 0.0669. The first-order valence-corrected chi connectivity index (χ1v) is 10.1. The van der Waals surface area contributed by atoms with Crippen LogP contribution >= 0.6 is 34.8 Å². The summed E-state index contributed by atoms with van der Waals surface area (Å²) < 4.78 is 9.58. The number of hydrogen-bond donors (Lipinski definition) is 0. The lowest BCUT2D eigenvalue weighted by atomic mass is 10.1. The Bertz CT molecular complexity index is 382. The van der Waals surface area contributed by atoms with E-state index in [0.717, 1.165) is 11.3 Å². The van der Waals surface area contributed by atoms with E-state index >= 15 is 0 Å². The Labute approximate surface area is 124 Å². The molecule has 0 aliphatic heterocycles. The molecular formula is C12H17Cl3O2Si. The van der Waals surface area contributed by atoms with Crippen LogP contribution in [-0.4, -0.2) is 19.2 Å². The van der Waals surface area contributed by atoms with E-state index in [-0.39, 0.29) is 0 Å². The Morgan fingerprint density at radius 2 is 1.56 bits per heavy atom. The Morgan fingerprint density at radius 3 is 1.89 bits per heavy atom. The molecule has 1 rings (SSSR count). The van der Waals surface area contributed by atoms with Gasteiger partial charge in [-0.2, -0.15) is 0 Å². The second kappa shape index (κ2) is 6.01. The van der Waals surface area contributed by atoms with Crippen molar-refractivity contribution >= 4 is 43.1 Å². The maximum Gasteiger partial charge on any atom is 0.219 e. The number of halogens is 3. The van der Waals surface area contributed by atoms with Crippen molar-refractivity contribution in [3.63, 3.8) is 0 Å². The van der Waals surface area contributed by atoms with Crippen molar-refractivity contribution in [3.05, 3.63) is 29.8 Å². The van der Waals surface area contributed by atoms with Gasteiger partial charge >= 0.3 is 0 Å². The molecule has 1 aromatic rings. The van der Waals surface area contributed by atoms with E-state index in [2.05, 4.69) is 19.6 Å². The van der Waals surface area contributed by atoms with Gasteiger partial charge in [-0.25, -0.2) is 0 Å². The zero-order valence-electron chi connectivity index (χ0n) is 10.8. The van der Waals surface area contributed by atoms with Gasteiger partial charge in [-0.15, -0.1) is 0 Å². The minimum absolute atomic E-state index is 0.569. The summed E-state index contributed by atoms with van der Waals surface area (Å²) >= 11 is 18.0. The van der Waals surface area contributed by atoms with Gasteiger partial charge in [-0.05, 0) is 37.3 Å². The number of benzene rings is 1. The minimum atomic E-state index is -1.82. The normalized spacial score (nSPS) is 14.4. The molecule has 6 heteroatoms. The van der Waals surface area contributed by atoms with Crippen LogP contribution in [0.2, 0.25) is 19.6 Å².